The molecule has 0 aliphatic carbocycles. The molecule has 2 aromatic carbocycles. The highest BCUT2D eigenvalue weighted by atomic mass is 16.3. The Bertz CT molecular complexity index is 884. The van der Waals surface area contributed by atoms with E-state index in [0.717, 1.165) is 37.7 Å². The number of aromatic hydroxyl groups is 1. The molecule has 0 unspecified atom stereocenters. The Labute approximate surface area is 183 Å². The number of hydrogen-bond acceptors (Lipinski definition) is 2. The van der Waals surface area contributed by atoms with Gasteiger partial charge in [-0.15, -0.1) is 0 Å². The van der Waals surface area contributed by atoms with E-state index in [-0.39, 0.29) is 5.41 Å². The molecule has 2 aromatic rings. The lowest BCUT2D eigenvalue weighted by atomic mass is 9.69. The van der Waals surface area contributed by atoms with E-state index in [1.54, 1.807) is 0 Å². The zero-order chi connectivity index (χ0) is 22.5. The average Bonchev–Trinajstić information content (AvgIpc) is 2.76. The third-order valence-electron chi connectivity index (χ3n) is 7.13. The summed E-state index contributed by atoms with van der Waals surface area (Å²) in [7, 11) is 0. The van der Waals surface area contributed by atoms with Gasteiger partial charge in [-0.05, 0) is 91.5 Å². The molecule has 2 heteroatoms. The van der Waals surface area contributed by atoms with Crippen LogP contribution in [0.25, 0.3) is 5.57 Å². The van der Waals surface area contributed by atoms with Gasteiger partial charge in [0, 0.05) is 5.41 Å². The highest BCUT2D eigenvalue weighted by Crippen LogP contribution is 2.41. The number of phenolic OH excluding ortho intramolecular Hbond substituents is 1. The van der Waals surface area contributed by atoms with Gasteiger partial charge in [0.2, 0.25) is 0 Å². The molecule has 0 aromatic heterocycles. The van der Waals surface area contributed by atoms with Crippen molar-refractivity contribution in [2.45, 2.75) is 91.6 Å². The topological polar surface area (TPSA) is 40.5 Å². The molecule has 0 aliphatic rings. The summed E-state index contributed by atoms with van der Waals surface area (Å²) in [4.78, 5) is 0. The van der Waals surface area contributed by atoms with Crippen LogP contribution in [-0.4, -0.2) is 15.8 Å². The highest BCUT2D eigenvalue weighted by molar-refractivity contribution is 5.69. The first-order valence-corrected chi connectivity index (χ1v) is 11.6. The second-order valence-electron chi connectivity index (χ2n) is 8.65. The molecule has 0 heterocycles. The molecular formula is C28H40O2. The summed E-state index contributed by atoms with van der Waals surface area (Å²) >= 11 is 0. The Morgan fingerprint density at radius 2 is 1.33 bits per heavy atom. The van der Waals surface area contributed by atoms with Crippen LogP contribution < -0.4 is 0 Å². The summed E-state index contributed by atoms with van der Waals surface area (Å²) in [5, 5.41) is 20.8. The number of phenols is 1. The predicted octanol–water partition coefficient (Wildman–Crippen LogP) is 7.46. The first kappa shape index (κ1) is 24.2. The fourth-order valence-corrected chi connectivity index (χ4v) is 4.66. The predicted molar refractivity (Wildman–Crippen MR) is 129 cm³/mol. The van der Waals surface area contributed by atoms with Gasteiger partial charge in [-0.25, -0.2) is 0 Å². The van der Waals surface area contributed by atoms with Crippen LogP contribution >= 0.6 is 0 Å². The fraction of sp³-hybridized carbons (Fsp3) is 0.500. The van der Waals surface area contributed by atoms with Crippen molar-refractivity contribution in [1.29, 1.82) is 0 Å². The number of hydrogen-bond donors (Lipinski definition) is 2. The minimum Gasteiger partial charge on any atom is -0.508 e. The fourth-order valence-electron chi connectivity index (χ4n) is 4.66. The first-order valence-electron chi connectivity index (χ1n) is 11.6. The van der Waals surface area contributed by atoms with Crippen molar-refractivity contribution in [3.05, 3.63) is 70.3 Å². The molecule has 0 aliphatic heterocycles. The van der Waals surface area contributed by atoms with Crippen LogP contribution in [0.15, 0.2) is 42.5 Å². The van der Waals surface area contributed by atoms with Gasteiger partial charge in [0.25, 0.3) is 0 Å². The normalized spacial score (nSPS) is 13.0. The molecule has 0 atom stereocenters. The molecule has 0 bridgehead atoms. The average molecular weight is 409 g/mol. The van der Waals surface area contributed by atoms with E-state index < -0.39 is 5.60 Å². The van der Waals surface area contributed by atoms with E-state index >= 15 is 0 Å². The number of aliphatic hydroxyl groups is 1. The van der Waals surface area contributed by atoms with Crippen LogP contribution in [0.4, 0.5) is 0 Å². The first-order chi connectivity index (χ1) is 14.2. The van der Waals surface area contributed by atoms with Crippen LogP contribution in [0.5, 0.6) is 5.75 Å². The van der Waals surface area contributed by atoms with E-state index in [0.29, 0.717) is 5.75 Å². The maximum absolute atomic E-state index is 10.8. The quantitative estimate of drug-likeness (QED) is 0.452. The van der Waals surface area contributed by atoms with Gasteiger partial charge in [0.05, 0.1) is 5.60 Å². The van der Waals surface area contributed by atoms with Gasteiger partial charge in [-0.2, -0.15) is 0 Å². The zero-order valence-electron chi connectivity index (χ0n) is 20.0. The largest absolute Gasteiger partial charge is 0.508 e. The van der Waals surface area contributed by atoms with Gasteiger partial charge in [0.15, 0.2) is 0 Å². The number of rotatable bonds is 9. The van der Waals surface area contributed by atoms with Gasteiger partial charge in [-0.1, -0.05) is 65.0 Å². The summed E-state index contributed by atoms with van der Waals surface area (Å²) in [5.74, 6) is 0.350. The Kier molecular flexibility index (Phi) is 7.93. The monoisotopic (exact) mass is 408 g/mol. The number of benzene rings is 2. The number of aryl methyl sites for hydroxylation is 2. The lowest BCUT2D eigenvalue weighted by Crippen LogP contribution is -2.26. The van der Waals surface area contributed by atoms with Gasteiger partial charge in [0.1, 0.15) is 5.75 Å². The van der Waals surface area contributed by atoms with Crippen LogP contribution in [0.1, 0.15) is 94.5 Å². The van der Waals surface area contributed by atoms with E-state index in [1.807, 2.05) is 26.8 Å². The maximum atomic E-state index is 10.8. The van der Waals surface area contributed by atoms with Crippen molar-refractivity contribution < 1.29 is 10.2 Å². The van der Waals surface area contributed by atoms with Crippen LogP contribution in [0, 0.1) is 13.8 Å². The zero-order valence-corrected chi connectivity index (χ0v) is 20.0. The molecule has 2 nitrogen and oxygen atoms in total. The van der Waals surface area contributed by atoms with Crippen LogP contribution in [0.2, 0.25) is 0 Å². The molecule has 0 saturated carbocycles. The molecular weight excluding hydrogens is 368 g/mol. The second kappa shape index (κ2) is 9.83. The third-order valence-corrected chi connectivity index (χ3v) is 7.13. The van der Waals surface area contributed by atoms with E-state index in [2.05, 4.69) is 64.1 Å². The molecule has 0 amide bonds. The maximum Gasteiger partial charge on any atom is 0.118 e. The molecule has 0 radical (unpaired) electrons. The second-order valence-corrected chi connectivity index (χ2v) is 8.65. The lowest BCUT2D eigenvalue weighted by Gasteiger charge is -2.34. The molecule has 30 heavy (non-hydrogen) atoms. The van der Waals surface area contributed by atoms with Crippen molar-refractivity contribution in [3.8, 4) is 5.75 Å². The van der Waals surface area contributed by atoms with Crippen molar-refractivity contribution in [2.75, 3.05) is 0 Å². The van der Waals surface area contributed by atoms with E-state index in [9.17, 15) is 10.2 Å². The van der Waals surface area contributed by atoms with Gasteiger partial charge < -0.3 is 10.2 Å². The van der Waals surface area contributed by atoms with Crippen LogP contribution in [-0.2, 0) is 5.41 Å². The Morgan fingerprint density at radius 1 is 0.800 bits per heavy atom. The minimum absolute atomic E-state index is 0.0780. The molecule has 164 valence electrons. The third kappa shape index (κ3) is 4.64. The van der Waals surface area contributed by atoms with Crippen molar-refractivity contribution >= 4 is 5.57 Å². The Morgan fingerprint density at radius 3 is 1.77 bits per heavy atom. The molecule has 0 spiro atoms. The minimum atomic E-state index is -0.739. The molecule has 2 N–H and O–H groups in total. The summed E-state index contributed by atoms with van der Waals surface area (Å²) in [5.41, 5.74) is 6.36. The Balaban J connectivity index is 2.59. The number of allylic oxidation sites excluding steroid dienone is 1. The summed E-state index contributed by atoms with van der Waals surface area (Å²) < 4.78 is 0. The van der Waals surface area contributed by atoms with Crippen LogP contribution in [0.3, 0.4) is 0 Å². The molecule has 2 rings (SSSR count). The smallest absolute Gasteiger partial charge is 0.118 e. The highest BCUT2D eigenvalue weighted by Gasteiger charge is 2.31. The lowest BCUT2D eigenvalue weighted by molar-refractivity contribution is 0.0832. The van der Waals surface area contributed by atoms with Crippen molar-refractivity contribution in [2.24, 2.45) is 0 Å². The summed E-state index contributed by atoms with van der Waals surface area (Å²) in [6, 6.07) is 12.8. The van der Waals surface area contributed by atoms with Crippen molar-refractivity contribution in [3.63, 3.8) is 0 Å². The summed E-state index contributed by atoms with van der Waals surface area (Å²) in [6.07, 6.45) is 6.40. The van der Waals surface area contributed by atoms with E-state index in [1.165, 1.54) is 27.8 Å². The van der Waals surface area contributed by atoms with Gasteiger partial charge >= 0.3 is 0 Å². The molecule has 0 saturated heterocycles. The Hall–Kier alpha value is -2.06. The standard InChI is InChI=1S/C28H40O2/c1-8-22(19-27(30,9-2)10-3)25-15-13-23(17-20(25)6)28(11-4,12-5)24-14-16-26(29)21(7)18-24/h13-19,29-30H,8-12H2,1-7H3. The van der Waals surface area contributed by atoms with Crippen molar-refractivity contribution in [1.82, 2.24) is 0 Å². The van der Waals surface area contributed by atoms with Gasteiger partial charge in [-0.3, -0.25) is 0 Å². The molecule has 0 fully saturated rings. The van der Waals surface area contributed by atoms with E-state index in [4.69, 9.17) is 0 Å². The SMILES string of the molecule is CCC(=CC(O)(CC)CC)c1ccc(C(CC)(CC)c2ccc(O)c(C)c2)cc1C. The summed E-state index contributed by atoms with van der Waals surface area (Å²) in [6.45, 7) is 14.9.